The van der Waals surface area contributed by atoms with Crippen molar-refractivity contribution in [1.29, 1.82) is 0 Å². The van der Waals surface area contributed by atoms with Crippen LogP contribution in [0.1, 0.15) is 24.3 Å². The number of aromatic nitrogens is 1. The second kappa shape index (κ2) is 3.42. The molecule has 0 saturated heterocycles. The summed E-state index contributed by atoms with van der Waals surface area (Å²) < 4.78 is 5.58. The van der Waals surface area contributed by atoms with Gasteiger partial charge in [0, 0.05) is 12.5 Å². The van der Waals surface area contributed by atoms with Crippen LogP contribution in [0.4, 0.5) is 0 Å². The van der Waals surface area contributed by atoms with Crippen molar-refractivity contribution >= 4 is 11.1 Å². The standard InChI is InChI=1S/C11H14N2O/c1-7-3-4-10-9(5-7)13-11(14-10)8(2)6-12/h3-5,8H,6,12H2,1-2H3. The van der Waals surface area contributed by atoms with Crippen LogP contribution >= 0.6 is 0 Å². The Morgan fingerprint density at radius 3 is 3.00 bits per heavy atom. The Kier molecular flexibility index (Phi) is 2.25. The van der Waals surface area contributed by atoms with E-state index >= 15 is 0 Å². The first-order chi connectivity index (χ1) is 6.70. The van der Waals surface area contributed by atoms with Gasteiger partial charge in [-0.25, -0.2) is 4.98 Å². The molecule has 2 rings (SSSR count). The van der Waals surface area contributed by atoms with E-state index in [2.05, 4.69) is 4.98 Å². The number of fused-ring (bicyclic) bond motifs is 1. The first-order valence-corrected chi connectivity index (χ1v) is 4.78. The van der Waals surface area contributed by atoms with Crippen molar-refractivity contribution in [2.24, 2.45) is 5.73 Å². The normalized spacial score (nSPS) is 13.4. The van der Waals surface area contributed by atoms with E-state index in [1.165, 1.54) is 5.56 Å². The molecule has 0 radical (unpaired) electrons. The molecule has 0 bridgehead atoms. The van der Waals surface area contributed by atoms with Gasteiger partial charge < -0.3 is 10.2 Å². The van der Waals surface area contributed by atoms with E-state index in [9.17, 15) is 0 Å². The molecule has 74 valence electrons. The predicted molar refractivity (Wildman–Crippen MR) is 56.2 cm³/mol. The Bertz CT molecular complexity index is 447. The Balaban J connectivity index is 2.51. The molecular weight excluding hydrogens is 176 g/mol. The van der Waals surface area contributed by atoms with Crippen LogP contribution in [-0.2, 0) is 0 Å². The smallest absolute Gasteiger partial charge is 0.199 e. The molecule has 1 atom stereocenters. The molecule has 1 aromatic heterocycles. The Morgan fingerprint density at radius 1 is 1.50 bits per heavy atom. The Labute approximate surface area is 82.9 Å². The highest BCUT2D eigenvalue weighted by atomic mass is 16.3. The number of nitrogens with zero attached hydrogens (tertiary/aromatic N) is 1. The van der Waals surface area contributed by atoms with Crippen molar-refractivity contribution in [2.75, 3.05) is 6.54 Å². The maximum Gasteiger partial charge on any atom is 0.199 e. The molecular formula is C11H14N2O. The lowest BCUT2D eigenvalue weighted by atomic mass is 10.2. The van der Waals surface area contributed by atoms with Gasteiger partial charge in [-0.2, -0.15) is 0 Å². The van der Waals surface area contributed by atoms with E-state index in [-0.39, 0.29) is 5.92 Å². The molecule has 0 fully saturated rings. The summed E-state index contributed by atoms with van der Waals surface area (Å²) in [6.07, 6.45) is 0. The molecule has 0 amide bonds. The van der Waals surface area contributed by atoms with Crippen molar-refractivity contribution in [1.82, 2.24) is 4.98 Å². The summed E-state index contributed by atoms with van der Waals surface area (Å²) in [6.45, 7) is 4.61. The zero-order chi connectivity index (χ0) is 10.1. The number of nitrogens with two attached hydrogens (primary N) is 1. The van der Waals surface area contributed by atoms with Crippen LogP contribution in [-0.4, -0.2) is 11.5 Å². The van der Waals surface area contributed by atoms with Crippen LogP contribution in [0.15, 0.2) is 22.6 Å². The highest BCUT2D eigenvalue weighted by molar-refractivity contribution is 5.73. The molecule has 0 aliphatic rings. The molecule has 14 heavy (non-hydrogen) atoms. The van der Waals surface area contributed by atoms with Crippen LogP contribution in [0.3, 0.4) is 0 Å². The van der Waals surface area contributed by atoms with Crippen molar-refractivity contribution in [3.63, 3.8) is 0 Å². The SMILES string of the molecule is Cc1ccc2oc(C(C)CN)nc2c1. The molecule has 2 aromatic rings. The average Bonchev–Trinajstić information content (AvgIpc) is 2.59. The predicted octanol–water partition coefficient (Wildman–Crippen LogP) is 2.20. The quantitative estimate of drug-likeness (QED) is 0.789. The van der Waals surface area contributed by atoms with Gasteiger partial charge in [0.1, 0.15) is 5.52 Å². The summed E-state index contributed by atoms with van der Waals surface area (Å²) in [5, 5.41) is 0. The topological polar surface area (TPSA) is 52.0 Å². The number of rotatable bonds is 2. The molecule has 3 nitrogen and oxygen atoms in total. The number of aryl methyl sites for hydroxylation is 1. The van der Waals surface area contributed by atoms with E-state index in [0.717, 1.165) is 17.0 Å². The van der Waals surface area contributed by atoms with Crippen LogP contribution in [0.2, 0.25) is 0 Å². The third-order valence-corrected chi connectivity index (χ3v) is 2.33. The van der Waals surface area contributed by atoms with Gasteiger partial charge in [0.25, 0.3) is 0 Å². The van der Waals surface area contributed by atoms with Crippen LogP contribution in [0.5, 0.6) is 0 Å². The minimum absolute atomic E-state index is 0.183. The number of hydrogen-bond donors (Lipinski definition) is 1. The van der Waals surface area contributed by atoms with Crippen molar-refractivity contribution < 1.29 is 4.42 Å². The van der Waals surface area contributed by atoms with Crippen molar-refractivity contribution in [2.45, 2.75) is 19.8 Å². The van der Waals surface area contributed by atoms with Crippen molar-refractivity contribution in [3.8, 4) is 0 Å². The minimum atomic E-state index is 0.183. The molecule has 1 heterocycles. The zero-order valence-corrected chi connectivity index (χ0v) is 8.45. The molecule has 0 aliphatic heterocycles. The maximum absolute atomic E-state index is 5.58. The van der Waals surface area contributed by atoms with Gasteiger partial charge in [-0.3, -0.25) is 0 Å². The van der Waals surface area contributed by atoms with Gasteiger partial charge in [-0.05, 0) is 24.6 Å². The monoisotopic (exact) mass is 190 g/mol. The average molecular weight is 190 g/mol. The number of benzene rings is 1. The Morgan fingerprint density at radius 2 is 2.29 bits per heavy atom. The molecule has 1 aromatic carbocycles. The van der Waals surface area contributed by atoms with E-state index in [0.29, 0.717) is 6.54 Å². The lowest BCUT2D eigenvalue weighted by Crippen LogP contribution is -2.08. The first-order valence-electron chi connectivity index (χ1n) is 4.78. The maximum atomic E-state index is 5.58. The van der Waals surface area contributed by atoms with Gasteiger partial charge in [-0.15, -0.1) is 0 Å². The number of hydrogen-bond acceptors (Lipinski definition) is 3. The second-order valence-corrected chi connectivity index (χ2v) is 3.66. The zero-order valence-electron chi connectivity index (χ0n) is 8.45. The summed E-state index contributed by atoms with van der Waals surface area (Å²) in [5.41, 5.74) is 8.50. The fourth-order valence-electron chi connectivity index (χ4n) is 1.37. The van der Waals surface area contributed by atoms with Crippen LogP contribution in [0, 0.1) is 6.92 Å². The molecule has 0 aliphatic carbocycles. The lowest BCUT2D eigenvalue weighted by molar-refractivity contribution is 0.489. The summed E-state index contributed by atoms with van der Waals surface area (Å²) in [7, 11) is 0. The fraction of sp³-hybridized carbons (Fsp3) is 0.364. The highest BCUT2D eigenvalue weighted by Gasteiger charge is 2.11. The molecule has 1 unspecified atom stereocenters. The fourth-order valence-corrected chi connectivity index (χ4v) is 1.37. The molecule has 0 saturated carbocycles. The molecule has 2 N–H and O–H groups in total. The third kappa shape index (κ3) is 1.51. The van der Waals surface area contributed by atoms with Crippen LogP contribution in [0.25, 0.3) is 11.1 Å². The summed E-state index contributed by atoms with van der Waals surface area (Å²) in [6, 6.07) is 5.99. The first kappa shape index (κ1) is 9.21. The van der Waals surface area contributed by atoms with Crippen molar-refractivity contribution in [3.05, 3.63) is 29.7 Å². The van der Waals surface area contributed by atoms with Gasteiger partial charge in [0.05, 0.1) is 0 Å². The second-order valence-electron chi connectivity index (χ2n) is 3.66. The van der Waals surface area contributed by atoms with E-state index in [1.807, 2.05) is 32.0 Å². The highest BCUT2D eigenvalue weighted by Crippen LogP contribution is 2.21. The van der Waals surface area contributed by atoms with E-state index < -0.39 is 0 Å². The third-order valence-electron chi connectivity index (χ3n) is 2.33. The Hall–Kier alpha value is -1.35. The van der Waals surface area contributed by atoms with Gasteiger partial charge in [-0.1, -0.05) is 13.0 Å². The van der Waals surface area contributed by atoms with Gasteiger partial charge in [0.2, 0.25) is 0 Å². The minimum Gasteiger partial charge on any atom is -0.440 e. The van der Waals surface area contributed by atoms with Gasteiger partial charge in [0.15, 0.2) is 11.5 Å². The van der Waals surface area contributed by atoms with E-state index in [1.54, 1.807) is 0 Å². The molecule has 3 heteroatoms. The largest absolute Gasteiger partial charge is 0.440 e. The van der Waals surface area contributed by atoms with Crippen LogP contribution < -0.4 is 5.73 Å². The van der Waals surface area contributed by atoms with E-state index in [4.69, 9.17) is 10.2 Å². The number of oxazole rings is 1. The summed E-state index contributed by atoms with van der Waals surface area (Å²) in [5.74, 6) is 0.913. The molecule has 0 spiro atoms. The summed E-state index contributed by atoms with van der Waals surface area (Å²) in [4.78, 5) is 4.40. The lowest BCUT2D eigenvalue weighted by Gasteiger charge is -1.99. The van der Waals surface area contributed by atoms with Gasteiger partial charge >= 0.3 is 0 Å². The summed E-state index contributed by atoms with van der Waals surface area (Å²) >= 11 is 0.